The molecule has 0 aliphatic carbocycles. The van der Waals surface area contributed by atoms with E-state index in [0.717, 1.165) is 30.8 Å². The minimum atomic E-state index is 0.950. The van der Waals surface area contributed by atoms with E-state index in [2.05, 4.69) is 62.5 Å². The van der Waals surface area contributed by atoms with Crippen LogP contribution in [0.15, 0.2) is 36.4 Å². The topological polar surface area (TPSA) is 24.9 Å². The van der Waals surface area contributed by atoms with E-state index in [9.17, 15) is 0 Å². The van der Waals surface area contributed by atoms with E-state index in [1.807, 2.05) is 0 Å². The third kappa shape index (κ3) is 3.34. The molecule has 0 saturated carbocycles. The van der Waals surface area contributed by atoms with Crippen LogP contribution in [-0.2, 0) is 6.42 Å². The van der Waals surface area contributed by atoms with Gasteiger partial charge >= 0.3 is 0 Å². The molecule has 0 radical (unpaired) electrons. The molecule has 1 heterocycles. The van der Waals surface area contributed by atoms with Crippen molar-refractivity contribution in [2.45, 2.75) is 33.6 Å². The standard InChI is InChI=1S/C17H22N2/c1-4-12-18-17-11-10-16(19-15(17)5-2)14-8-6-13(3)7-9-14/h6-11,18H,4-5,12H2,1-3H3. The number of pyridine rings is 1. The van der Waals surface area contributed by atoms with Crippen LogP contribution in [-0.4, -0.2) is 11.5 Å². The Morgan fingerprint density at radius 3 is 2.37 bits per heavy atom. The van der Waals surface area contributed by atoms with E-state index >= 15 is 0 Å². The molecule has 2 rings (SSSR count). The first-order chi connectivity index (χ1) is 9.24. The highest BCUT2D eigenvalue weighted by Crippen LogP contribution is 2.22. The van der Waals surface area contributed by atoms with Crippen LogP contribution >= 0.6 is 0 Å². The van der Waals surface area contributed by atoms with Crippen molar-refractivity contribution >= 4 is 5.69 Å². The number of hydrogen-bond acceptors (Lipinski definition) is 2. The van der Waals surface area contributed by atoms with Gasteiger partial charge < -0.3 is 5.32 Å². The van der Waals surface area contributed by atoms with Crippen LogP contribution in [0.5, 0.6) is 0 Å². The maximum atomic E-state index is 4.78. The first-order valence-electron chi connectivity index (χ1n) is 7.05. The lowest BCUT2D eigenvalue weighted by Crippen LogP contribution is -2.04. The summed E-state index contributed by atoms with van der Waals surface area (Å²) in [4.78, 5) is 4.78. The second-order valence-corrected chi connectivity index (χ2v) is 4.84. The van der Waals surface area contributed by atoms with Crippen LogP contribution in [0.2, 0.25) is 0 Å². The summed E-state index contributed by atoms with van der Waals surface area (Å²) < 4.78 is 0. The highest BCUT2D eigenvalue weighted by Gasteiger charge is 2.05. The summed E-state index contributed by atoms with van der Waals surface area (Å²) in [5.41, 5.74) is 5.83. The summed E-state index contributed by atoms with van der Waals surface area (Å²) in [6.45, 7) is 7.43. The second kappa shape index (κ2) is 6.37. The molecule has 0 unspecified atom stereocenters. The lowest BCUT2D eigenvalue weighted by atomic mass is 10.1. The van der Waals surface area contributed by atoms with Gasteiger partial charge in [-0.3, -0.25) is 4.98 Å². The molecule has 0 bridgehead atoms. The first kappa shape index (κ1) is 13.6. The van der Waals surface area contributed by atoms with Crippen molar-refractivity contribution in [2.75, 3.05) is 11.9 Å². The molecule has 1 aromatic heterocycles. The Balaban J connectivity index is 2.30. The highest BCUT2D eigenvalue weighted by molar-refractivity contribution is 5.63. The Morgan fingerprint density at radius 2 is 1.74 bits per heavy atom. The van der Waals surface area contributed by atoms with Gasteiger partial charge in [-0.15, -0.1) is 0 Å². The molecule has 0 atom stereocenters. The van der Waals surface area contributed by atoms with E-state index in [1.165, 1.54) is 16.8 Å². The van der Waals surface area contributed by atoms with Gasteiger partial charge in [0.1, 0.15) is 0 Å². The predicted molar refractivity (Wildman–Crippen MR) is 82.6 cm³/mol. The third-order valence-electron chi connectivity index (χ3n) is 3.22. The molecule has 0 amide bonds. The maximum Gasteiger partial charge on any atom is 0.0706 e. The molecule has 1 N–H and O–H groups in total. The van der Waals surface area contributed by atoms with Crippen molar-refractivity contribution in [1.82, 2.24) is 4.98 Å². The number of hydrogen-bond donors (Lipinski definition) is 1. The van der Waals surface area contributed by atoms with Gasteiger partial charge in [0.05, 0.1) is 17.1 Å². The van der Waals surface area contributed by atoms with Crippen molar-refractivity contribution in [2.24, 2.45) is 0 Å². The van der Waals surface area contributed by atoms with Gasteiger partial charge in [0.25, 0.3) is 0 Å². The van der Waals surface area contributed by atoms with E-state index in [0.29, 0.717) is 0 Å². The van der Waals surface area contributed by atoms with Crippen molar-refractivity contribution in [3.63, 3.8) is 0 Å². The molecular weight excluding hydrogens is 232 g/mol. The highest BCUT2D eigenvalue weighted by atomic mass is 14.9. The predicted octanol–water partition coefficient (Wildman–Crippen LogP) is 4.44. The molecule has 2 nitrogen and oxygen atoms in total. The van der Waals surface area contributed by atoms with Gasteiger partial charge in [0, 0.05) is 12.1 Å². The number of anilines is 1. The van der Waals surface area contributed by atoms with Crippen molar-refractivity contribution in [3.8, 4) is 11.3 Å². The molecule has 1 aromatic carbocycles. The van der Waals surface area contributed by atoms with Gasteiger partial charge in [-0.2, -0.15) is 0 Å². The quantitative estimate of drug-likeness (QED) is 0.853. The fourth-order valence-electron chi connectivity index (χ4n) is 2.08. The van der Waals surface area contributed by atoms with E-state index in [4.69, 9.17) is 4.98 Å². The first-order valence-corrected chi connectivity index (χ1v) is 7.05. The van der Waals surface area contributed by atoms with Gasteiger partial charge in [-0.1, -0.05) is 43.7 Å². The molecular formula is C17H22N2. The fraction of sp³-hybridized carbons (Fsp3) is 0.353. The van der Waals surface area contributed by atoms with Crippen molar-refractivity contribution in [1.29, 1.82) is 0 Å². The minimum Gasteiger partial charge on any atom is -0.384 e. The van der Waals surface area contributed by atoms with E-state index in [-0.39, 0.29) is 0 Å². The van der Waals surface area contributed by atoms with Crippen LogP contribution < -0.4 is 5.32 Å². The third-order valence-corrected chi connectivity index (χ3v) is 3.22. The molecule has 0 fully saturated rings. The van der Waals surface area contributed by atoms with Gasteiger partial charge in [-0.05, 0) is 31.9 Å². The van der Waals surface area contributed by atoms with E-state index in [1.54, 1.807) is 0 Å². The number of benzene rings is 1. The minimum absolute atomic E-state index is 0.950. The zero-order chi connectivity index (χ0) is 13.7. The zero-order valence-electron chi connectivity index (χ0n) is 12.0. The zero-order valence-corrected chi connectivity index (χ0v) is 12.0. The van der Waals surface area contributed by atoms with E-state index < -0.39 is 0 Å². The summed E-state index contributed by atoms with van der Waals surface area (Å²) in [6, 6.07) is 12.8. The van der Waals surface area contributed by atoms with Gasteiger partial charge in [0.15, 0.2) is 0 Å². The Labute approximate surface area is 115 Å². The lowest BCUT2D eigenvalue weighted by molar-refractivity contribution is 0.960. The maximum absolute atomic E-state index is 4.78. The lowest BCUT2D eigenvalue weighted by Gasteiger charge is -2.11. The second-order valence-electron chi connectivity index (χ2n) is 4.84. The number of nitrogens with zero attached hydrogens (tertiary/aromatic N) is 1. The molecule has 0 aliphatic heterocycles. The summed E-state index contributed by atoms with van der Waals surface area (Å²) in [6.07, 6.45) is 2.08. The summed E-state index contributed by atoms with van der Waals surface area (Å²) in [7, 11) is 0. The van der Waals surface area contributed by atoms with Crippen molar-refractivity contribution < 1.29 is 0 Å². The smallest absolute Gasteiger partial charge is 0.0706 e. The van der Waals surface area contributed by atoms with Crippen LogP contribution in [0.1, 0.15) is 31.5 Å². The number of aromatic nitrogens is 1. The molecule has 0 aliphatic rings. The molecule has 2 heteroatoms. The van der Waals surface area contributed by atoms with Crippen LogP contribution in [0.4, 0.5) is 5.69 Å². The normalized spacial score (nSPS) is 10.5. The molecule has 100 valence electrons. The van der Waals surface area contributed by atoms with Crippen LogP contribution in [0.3, 0.4) is 0 Å². The number of rotatable bonds is 5. The Bertz CT molecular complexity index is 529. The SMILES string of the molecule is CCCNc1ccc(-c2ccc(C)cc2)nc1CC. The Morgan fingerprint density at radius 1 is 1.00 bits per heavy atom. The number of aryl methyl sites for hydroxylation is 2. The average molecular weight is 254 g/mol. The molecule has 2 aromatic rings. The Kier molecular flexibility index (Phi) is 4.56. The van der Waals surface area contributed by atoms with Crippen LogP contribution in [0, 0.1) is 6.92 Å². The largest absolute Gasteiger partial charge is 0.384 e. The molecule has 0 spiro atoms. The summed E-state index contributed by atoms with van der Waals surface area (Å²) in [5.74, 6) is 0. The molecule has 0 saturated heterocycles. The fourth-order valence-corrected chi connectivity index (χ4v) is 2.08. The Hall–Kier alpha value is -1.83. The van der Waals surface area contributed by atoms with Crippen molar-refractivity contribution in [3.05, 3.63) is 47.7 Å². The van der Waals surface area contributed by atoms with Gasteiger partial charge in [0.2, 0.25) is 0 Å². The number of nitrogens with one attached hydrogen (secondary N) is 1. The molecule has 19 heavy (non-hydrogen) atoms. The summed E-state index contributed by atoms with van der Waals surface area (Å²) >= 11 is 0. The summed E-state index contributed by atoms with van der Waals surface area (Å²) in [5, 5.41) is 3.44. The van der Waals surface area contributed by atoms with Crippen LogP contribution in [0.25, 0.3) is 11.3 Å². The van der Waals surface area contributed by atoms with Gasteiger partial charge in [-0.25, -0.2) is 0 Å². The monoisotopic (exact) mass is 254 g/mol. The average Bonchev–Trinajstić information content (AvgIpc) is 2.46.